The van der Waals surface area contributed by atoms with Gasteiger partial charge >= 0.3 is 0 Å². The van der Waals surface area contributed by atoms with Crippen molar-refractivity contribution in [2.75, 3.05) is 31.3 Å². The Balaban J connectivity index is 2.47. The molecule has 0 radical (unpaired) electrons. The molecule has 2 rings (SSSR count). The molecule has 0 saturated heterocycles. The Bertz CT molecular complexity index is 1130. The number of aryl methyl sites for hydroxylation is 1. The SMILES string of the molecule is COc1ccc(OC)c(N(CC(=O)N(Cc2ccc(C)cc2)[C@@H](C)C(=O)NC(C)C)S(C)(=O)=O)c1. The number of carbonyl (C=O) groups is 2. The molecule has 1 N–H and O–H groups in total. The third-order valence-corrected chi connectivity index (χ3v) is 6.53. The number of nitrogens with zero attached hydrogens (tertiary/aromatic N) is 2. The van der Waals surface area contributed by atoms with E-state index in [-0.39, 0.29) is 29.9 Å². The van der Waals surface area contributed by atoms with Crippen LogP contribution < -0.4 is 19.1 Å². The number of hydrogen-bond donors (Lipinski definition) is 1. The second-order valence-corrected chi connectivity index (χ2v) is 10.6. The Morgan fingerprint density at radius 3 is 2.14 bits per heavy atom. The Kier molecular flexibility index (Phi) is 9.53. The monoisotopic (exact) mass is 505 g/mol. The van der Waals surface area contributed by atoms with Gasteiger partial charge in [-0.15, -0.1) is 0 Å². The van der Waals surface area contributed by atoms with Crippen LogP contribution in [0.25, 0.3) is 0 Å². The average molecular weight is 506 g/mol. The molecule has 0 saturated carbocycles. The normalized spacial score (nSPS) is 12.1. The molecule has 9 nitrogen and oxygen atoms in total. The number of carbonyl (C=O) groups excluding carboxylic acids is 2. The Labute approximate surface area is 208 Å². The molecule has 2 amide bonds. The smallest absolute Gasteiger partial charge is 0.244 e. The zero-order chi connectivity index (χ0) is 26.3. The van der Waals surface area contributed by atoms with Gasteiger partial charge in [0.05, 0.1) is 26.2 Å². The first-order valence-electron chi connectivity index (χ1n) is 11.2. The lowest BCUT2D eigenvalue weighted by molar-refractivity contribution is -0.139. The maximum atomic E-state index is 13.6. The first kappa shape index (κ1) is 28.0. The second-order valence-electron chi connectivity index (χ2n) is 8.65. The molecule has 192 valence electrons. The summed E-state index contributed by atoms with van der Waals surface area (Å²) in [4.78, 5) is 27.8. The minimum absolute atomic E-state index is 0.116. The van der Waals surface area contributed by atoms with E-state index in [9.17, 15) is 18.0 Å². The van der Waals surface area contributed by atoms with E-state index in [4.69, 9.17) is 9.47 Å². The molecule has 1 atom stereocenters. The van der Waals surface area contributed by atoms with Crippen LogP contribution in [0.15, 0.2) is 42.5 Å². The highest BCUT2D eigenvalue weighted by Gasteiger charge is 2.31. The maximum Gasteiger partial charge on any atom is 0.244 e. The van der Waals surface area contributed by atoms with Crippen molar-refractivity contribution in [3.63, 3.8) is 0 Å². The van der Waals surface area contributed by atoms with Crippen molar-refractivity contribution in [2.24, 2.45) is 0 Å². The molecular formula is C25H35N3O6S. The van der Waals surface area contributed by atoms with Crippen molar-refractivity contribution < 1.29 is 27.5 Å². The highest BCUT2D eigenvalue weighted by molar-refractivity contribution is 7.92. The third kappa shape index (κ3) is 7.61. The second kappa shape index (κ2) is 11.9. The summed E-state index contributed by atoms with van der Waals surface area (Å²) in [6.07, 6.45) is 1.01. The molecule has 0 spiro atoms. The molecule has 2 aromatic rings. The number of hydrogen-bond acceptors (Lipinski definition) is 6. The lowest BCUT2D eigenvalue weighted by Crippen LogP contribution is -2.52. The maximum absolute atomic E-state index is 13.6. The van der Waals surface area contributed by atoms with Crippen LogP contribution in [0.3, 0.4) is 0 Å². The molecule has 0 heterocycles. The number of sulfonamides is 1. The van der Waals surface area contributed by atoms with Crippen molar-refractivity contribution in [1.29, 1.82) is 0 Å². The molecule has 0 unspecified atom stereocenters. The first-order valence-corrected chi connectivity index (χ1v) is 13.1. The molecule has 35 heavy (non-hydrogen) atoms. The van der Waals surface area contributed by atoms with Gasteiger partial charge in [0, 0.05) is 18.7 Å². The zero-order valence-corrected chi connectivity index (χ0v) is 22.2. The summed E-state index contributed by atoms with van der Waals surface area (Å²) in [5.41, 5.74) is 2.04. The summed E-state index contributed by atoms with van der Waals surface area (Å²) in [6.45, 7) is 6.86. The van der Waals surface area contributed by atoms with Gasteiger partial charge in [-0.3, -0.25) is 13.9 Å². The van der Waals surface area contributed by atoms with Gasteiger partial charge in [0.15, 0.2) is 0 Å². The van der Waals surface area contributed by atoms with Crippen molar-refractivity contribution in [3.05, 3.63) is 53.6 Å². The quantitative estimate of drug-likeness (QED) is 0.504. The Morgan fingerprint density at radius 1 is 1.00 bits per heavy atom. The molecule has 2 aromatic carbocycles. The molecular weight excluding hydrogens is 470 g/mol. The van der Waals surface area contributed by atoms with Crippen molar-refractivity contribution in [2.45, 2.75) is 46.3 Å². The van der Waals surface area contributed by atoms with E-state index in [1.54, 1.807) is 19.1 Å². The van der Waals surface area contributed by atoms with Gasteiger partial charge in [-0.25, -0.2) is 8.42 Å². The summed E-state index contributed by atoms with van der Waals surface area (Å²) in [7, 11) is -1.03. The van der Waals surface area contributed by atoms with E-state index in [2.05, 4.69) is 5.32 Å². The minimum Gasteiger partial charge on any atom is -0.497 e. The molecule has 0 aliphatic rings. The lowest BCUT2D eigenvalue weighted by Gasteiger charge is -2.32. The Hall–Kier alpha value is -3.27. The van der Waals surface area contributed by atoms with Gasteiger partial charge < -0.3 is 19.7 Å². The van der Waals surface area contributed by atoms with E-state index >= 15 is 0 Å². The van der Waals surface area contributed by atoms with Crippen LogP contribution in [0.4, 0.5) is 5.69 Å². The van der Waals surface area contributed by atoms with Gasteiger partial charge in [0.25, 0.3) is 0 Å². The van der Waals surface area contributed by atoms with Gasteiger partial charge in [-0.2, -0.15) is 0 Å². The van der Waals surface area contributed by atoms with Gasteiger partial charge in [0.1, 0.15) is 24.1 Å². The van der Waals surface area contributed by atoms with E-state index in [1.807, 2.05) is 45.0 Å². The number of methoxy groups -OCH3 is 2. The van der Waals surface area contributed by atoms with Crippen LogP contribution in [-0.2, 0) is 26.2 Å². The molecule has 10 heteroatoms. The summed E-state index contributed by atoms with van der Waals surface area (Å²) in [5, 5.41) is 2.82. The number of anilines is 1. The fourth-order valence-corrected chi connectivity index (χ4v) is 4.31. The van der Waals surface area contributed by atoms with E-state index in [1.165, 1.54) is 25.2 Å². The highest BCUT2D eigenvalue weighted by atomic mass is 32.2. The van der Waals surface area contributed by atoms with Gasteiger partial charge in [0.2, 0.25) is 21.8 Å². The fraction of sp³-hybridized carbons (Fsp3) is 0.440. The molecule has 0 fully saturated rings. The van der Waals surface area contributed by atoms with Gasteiger partial charge in [-0.1, -0.05) is 29.8 Å². The first-order chi connectivity index (χ1) is 16.4. The molecule has 0 aliphatic heterocycles. The van der Waals surface area contributed by atoms with E-state index in [0.29, 0.717) is 5.75 Å². The minimum atomic E-state index is -3.90. The largest absolute Gasteiger partial charge is 0.497 e. The fourth-order valence-electron chi connectivity index (χ4n) is 3.46. The average Bonchev–Trinajstić information content (AvgIpc) is 2.79. The molecule has 0 aliphatic carbocycles. The van der Waals surface area contributed by atoms with Gasteiger partial charge in [-0.05, 0) is 45.4 Å². The van der Waals surface area contributed by atoms with E-state index in [0.717, 1.165) is 21.7 Å². The van der Waals surface area contributed by atoms with Crippen LogP contribution >= 0.6 is 0 Å². The molecule has 0 aromatic heterocycles. The number of amides is 2. The van der Waals surface area contributed by atoms with Crippen LogP contribution in [0, 0.1) is 6.92 Å². The van der Waals surface area contributed by atoms with Crippen LogP contribution in [0.1, 0.15) is 31.9 Å². The summed E-state index contributed by atoms with van der Waals surface area (Å²) >= 11 is 0. The van der Waals surface area contributed by atoms with Crippen LogP contribution in [0.2, 0.25) is 0 Å². The summed E-state index contributed by atoms with van der Waals surface area (Å²) in [6, 6.07) is 11.3. The Morgan fingerprint density at radius 2 is 1.63 bits per heavy atom. The zero-order valence-electron chi connectivity index (χ0n) is 21.4. The van der Waals surface area contributed by atoms with Crippen molar-refractivity contribution in [1.82, 2.24) is 10.2 Å². The highest BCUT2D eigenvalue weighted by Crippen LogP contribution is 2.34. The predicted molar refractivity (Wildman–Crippen MR) is 136 cm³/mol. The topological polar surface area (TPSA) is 105 Å². The summed E-state index contributed by atoms with van der Waals surface area (Å²) in [5.74, 6) is -0.194. The summed E-state index contributed by atoms with van der Waals surface area (Å²) < 4.78 is 37.1. The van der Waals surface area contributed by atoms with Crippen LogP contribution in [-0.4, -0.2) is 64.2 Å². The van der Waals surface area contributed by atoms with Crippen molar-refractivity contribution in [3.8, 4) is 11.5 Å². The number of nitrogens with one attached hydrogen (secondary N) is 1. The van der Waals surface area contributed by atoms with Crippen LogP contribution in [0.5, 0.6) is 11.5 Å². The lowest BCUT2D eigenvalue weighted by atomic mass is 10.1. The number of ether oxygens (including phenoxy) is 2. The number of rotatable bonds is 11. The standard InChI is InChI=1S/C25H35N3O6S/c1-17(2)26-25(30)19(4)27(15-20-10-8-18(3)9-11-20)24(29)16-28(35(7,31)32)22-14-21(33-5)12-13-23(22)34-6/h8-14,17,19H,15-16H2,1-7H3,(H,26,30)/t19-/m0/s1. The number of benzene rings is 2. The predicted octanol–water partition coefficient (Wildman–Crippen LogP) is 2.72. The molecule has 0 bridgehead atoms. The van der Waals surface area contributed by atoms with Crippen molar-refractivity contribution >= 4 is 27.5 Å². The third-order valence-electron chi connectivity index (χ3n) is 5.41. The van der Waals surface area contributed by atoms with E-state index < -0.39 is 28.5 Å².